The molecule has 6 heteroatoms. The molecule has 0 spiro atoms. The highest BCUT2D eigenvalue weighted by Gasteiger charge is 2.07. The van der Waals surface area contributed by atoms with E-state index in [4.69, 9.17) is 0 Å². The van der Waals surface area contributed by atoms with E-state index in [1.807, 2.05) is 0 Å². The molecule has 2 rings (SSSR count). The highest BCUT2D eigenvalue weighted by atomic mass is 32.1. The third kappa shape index (κ3) is 3.27. The number of thiophene rings is 1. The first-order valence-electron chi connectivity index (χ1n) is 5.05. The Balaban J connectivity index is 2.00. The number of alkyl halides is 2. The molecule has 1 aromatic heterocycles. The van der Waals surface area contributed by atoms with Crippen molar-refractivity contribution in [2.45, 2.75) is 6.61 Å². The Kier molecular flexibility index (Phi) is 3.88. The van der Waals surface area contributed by atoms with Gasteiger partial charge in [0, 0.05) is 5.69 Å². The standard InChI is InChI=1S/C12H9F2NO2S/c13-12(14)17-9-5-3-8(4-6-9)15-11(16)10-2-1-7-18-10/h1-7,12H,(H,15,16). The molecule has 1 amide bonds. The van der Waals surface area contributed by atoms with E-state index in [1.54, 1.807) is 17.5 Å². The Morgan fingerprint density at radius 2 is 1.94 bits per heavy atom. The number of rotatable bonds is 4. The first-order valence-corrected chi connectivity index (χ1v) is 5.93. The topological polar surface area (TPSA) is 38.3 Å². The van der Waals surface area contributed by atoms with Crippen LogP contribution in [0.3, 0.4) is 0 Å². The molecule has 1 aromatic carbocycles. The highest BCUT2D eigenvalue weighted by molar-refractivity contribution is 7.12. The van der Waals surface area contributed by atoms with E-state index in [0.29, 0.717) is 10.6 Å². The van der Waals surface area contributed by atoms with Crippen LogP contribution in [0.2, 0.25) is 0 Å². The van der Waals surface area contributed by atoms with Gasteiger partial charge in [0.15, 0.2) is 0 Å². The van der Waals surface area contributed by atoms with Crippen LogP contribution in [0.4, 0.5) is 14.5 Å². The zero-order valence-electron chi connectivity index (χ0n) is 9.10. The van der Waals surface area contributed by atoms with E-state index in [-0.39, 0.29) is 11.7 Å². The van der Waals surface area contributed by atoms with Crippen molar-refractivity contribution >= 4 is 22.9 Å². The lowest BCUT2D eigenvalue weighted by Crippen LogP contribution is -2.10. The van der Waals surface area contributed by atoms with Crippen molar-refractivity contribution in [2.75, 3.05) is 5.32 Å². The summed E-state index contributed by atoms with van der Waals surface area (Å²) >= 11 is 1.33. The first-order chi connectivity index (χ1) is 8.65. The van der Waals surface area contributed by atoms with Crippen LogP contribution in [0.5, 0.6) is 5.75 Å². The first kappa shape index (κ1) is 12.5. The fourth-order valence-corrected chi connectivity index (χ4v) is 1.94. The van der Waals surface area contributed by atoms with Gasteiger partial charge in [0.25, 0.3) is 5.91 Å². The maximum absolute atomic E-state index is 11.9. The number of nitrogens with one attached hydrogen (secondary N) is 1. The number of amides is 1. The van der Waals surface area contributed by atoms with E-state index in [9.17, 15) is 13.6 Å². The number of hydrogen-bond acceptors (Lipinski definition) is 3. The highest BCUT2D eigenvalue weighted by Crippen LogP contribution is 2.19. The molecule has 0 radical (unpaired) electrons. The normalized spacial score (nSPS) is 10.4. The van der Waals surface area contributed by atoms with E-state index >= 15 is 0 Å². The van der Waals surface area contributed by atoms with E-state index < -0.39 is 6.61 Å². The lowest BCUT2D eigenvalue weighted by atomic mass is 10.3. The third-order valence-corrected chi connectivity index (χ3v) is 2.95. The summed E-state index contributed by atoms with van der Waals surface area (Å²) in [7, 11) is 0. The fourth-order valence-electron chi connectivity index (χ4n) is 1.32. The number of anilines is 1. The van der Waals surface area contributed by atoms with Crippen LogP contribution in [0.15, 0.2) is 41.8 Å². The van der Waals surface area contributed by atoms with Crippen LogP contribution in [0.25, 0.3) is 0 Å². The molecule has 0 atom stereocenters. The maximum Gasteiger partial charge on any atom is 0.387 e. The van der Waals surface area contributed by atoms with E-state index in [0.717, 1.165) is 0 Å². The molecule has 18 heavy (non-hydrogen) atoms. The minimum Gasteiger partial charge on any atom is -0.435 e. The largest absolute Gasteiger partial charge is 0.435 e. The van der Waals surface area contributed by atoms with Gasteiger partial charge in [-0.1, -0.05) is 6.07 Å². The molecule has 94 valence electrons. The molecule has 1 N–H and O–H groups in total. The molecule has 0 saturated heterocycles. The molecule has 2 aromatic rings. The molecule has 0 aliphatic carbocycles. The minimum atomic E-state index is -2.85. The van der Waals surface area contributed by atoms with Gasteiger partial charge in [0.1, 0.15) is 5.75 Å². The van der Waals surface area contributed by atoms with Crippen LogP contribution in [0, 0.1) is 0 Å². The average Bonchev–Trinajstić information content (AvgIpc) is 2.84. The molecular formula is C12H9F2NO2S. The number of hydrogen-bond donors (Lipinski definition) is 1. The van der Waals surface area contributed by atoms with Gasteiger partial charge in [0.2, 0.25) is 0 Å². The van der Waals surface area contributed by atoms with Crippen LogP contribution in [-0.4, -0.2) is 12.5 Å². The van der Waals surface area contributed by atoms with Crippen LogP contribution in [0.1, 0.15) is 9.67 Å². The van der Waals surface area contributed by atoms with Gasteiger partial charge in [-0.3, -0.25) is 4.79 Å². The lowest BCUT2D eigenvalue weighted by Gasteiger charge is -2.06. The second-order valence-electron chi connectivity index (χ2n) is 3.33. The van der Waals surface area contributed by atoms with Crippen LogP contribution in [-0.2, 0) is 0 Å². The number of carbonyl (C=O) groups excluding carboxylic acids is 1. The number of benzene rings is 1. The average molecular weight is 269 g/mol. The summed E-state index contributed by atoms with van der Waals surface area (Å²) in [6.07, 6.45) is 0. The fraction of sp³-hybridized carbons (Fsp3) is 0.0833. The second-order valence-corrected chi connectivity index (χ2v) is 4.28. The summed E-state index contributed by atoms with van der Waals surface area (Å²) in [5.74, 6) is -0.174. The second kappa shape index (κ2) is 5.59. The van der Waals surface area contributed by atoms with E-state index in [2.05, 4.69) is 10.1 Å². The van der Waals surface area contributed by atoms with Gasteiger partial charge in [0.05, 0.1) is 4.88 Å². The minimum absolute atomic E-state index is 0.0547. The molecule has 0 saturated carbocycles. The molecule has 1 heterocycles. The number of halogens is 2. The molecule has 3 nitrogen and oxygen atoms in total. The molecule has 0 aliphatic rings. The summed E-state index contributed by atoms with van der Waals surface area (Å²) in [4.78, 5) is 12.3. The van der Waals surface area contributed by atoms with Crippen molar-refractivity contribution in [1.82, 2.24) is 0 Å². The Bertz CT molecular complexity index is 511. The van der Waals surface area contributed by atoms with Crippen molar-refractivity contribution in [1.29, 1.82) is 0 Å². The monoisotopic (exact) mass is 269 g/mol. The SMILES string of the molecule is O=C(Nc1ccc(OC(F)F)cc1)c1cccs1. The Morgan fingerprint density at radius 1 is 1.22 bits per heavy atom. The zero-order chi connectivity index (χ0) is 13.0. The predicted octanol–water partition coefficient (Wildman–Crippen LogP) is 3.60. The summed E-state index contributed by atoms with van der Waals surface area (Å²) in [5.41, 5.74) is 0.523. The van der Waals surface area contributed by atoms with Gasteiger partial charge >= 0.3 is 6.61 Å². The lowest BCUT2D eigenvalue weighted by molar-refractivity contribution is -0.0498. The van der Waals surface area contributed by atoms with Crippen molar-refractivity contribution < 1.29 is 18.3 Å². The quantitative estimate of drug-likeness (QED) is 0.921. The van der Waals surface area contributed by atoms with Gasteiger partial charge in [-0.05, 0) is 35.7 Å². The van der Waals surface area contributed by atoms with E-state index in [1.165, 1.54) is 35.6 Å². The van der Waals surface area contributed by atoms with Gasteiger partial charge < -0.3 is 10.1 Å². The van der Waals surface area contributed by atoms with Crippen molar-refractivity contribution in [2.24, 2.45) is 0 Å². The Hall–Kier alpha value is -1.95. The van der Waals surface area contributed by atoms with Crippen LogP contribution >= 0.6 is 11.3 Å². The zero-order valence-corrected chi connectivity index (χ0v) is 9.92. The third-order valence-electron chi connectivity index (χ3n) is 2.08. The van der Waals surface area contributed by atoms with Gasteiger partial charge in [-0.2, -0.15) is 8.78 Å². The van der Waals surface area contributed by atoms with Crippen molar-refractivity contribution in [3.8, 4) is 5.75 Å². The number of ether oxygens (including phenoxy) is 1. The summed E-state index contributed by atoms with van der Waals surface area (Å²) in [6, 6.07) is 9.23. The van der Waals surface area contributed by atoms with Crippen LogP contribution < -0.4 is 10.1 Å². The van der Waals surface area contributed by atoms with Crippen molar-refractivity contribution in [3.63, 3.8) is 0 Å². The summed E-state index contributed by atoms with van der Waals surface area (Å²) < 4.78 is 28.1. The number of carbonyl (C=O) groups is 1. The smallest absolute Gasteiger partial charge is 0.387 e. The van der Waals surface area contributed by atoms with Gasteiger partial charge in [-0.25, -0.2) is 0 Å². The Labute approximate surface area is 106 Å². The van der Waals surface area contributed by atoms with Gasteiger partial charge in [-0.15, -0.1) is 11.3 Å². The van der Waals surface area contributed by atoms with Crippen molar-refractivity contribution in [3.05, 3.63) is 46.7 Å². The Morgan fingerprint density at radius 3 is 2.50 bits per heavy atom. The molecule has 0 bridgehead atoms. The predicted molar refractivity (Wildman–Crippen MR) is 65.3 cm³/mol. The molecule has 0 fully saturated rings. The maximum atomic E-state index is 11.9. The summed E-state index contributed by atoms with van der Waals surface area (Å²) in [5, 5.41) is 4.45. The molecule has 0 unspecified atom stereocenters. The molecule has 0 aliphatic heterocycles. The molecular weight excluding hydrogens is 260 g/mol. The summed E-state index contributed by atoms with van der Waals surface area (Å²) in [6.45, 7) is -2.85.